The standard InChI is InChI=1S/2C9H9Cl3FN.C9H8Cl3FO.3C9H9Cl2F2N.2C9H8Cl2F2O.C9H9ClF3N.C9H8ClF3O/c1-3(2)4-5(10)8(13)6(11)7(12)9(4)14;1-3(2)4-5(10)6(11)7(12)8(13)9(4)14;1-3(2)4-5(10)6(11)8(13)7(12)9(4)14;1-3(2)4-7(12)8(13)5(10)6(11)9(4)14;1-3(2)4-7(12)5(10)6(11)8(13)9(4)14;1-3(2)4-5(10)7(12)6(11)8(13)9(4)14;1-3(2)4-7(12)5(10)8(13)6(11)9(4)14;1-3(2)4-5(10)7(12)8(13)6(11)9(4)14;1-3(2)4-6(11)7(12)5(10)8(13)9(4)14;1-3(2)4-6(11)8(13)7(12)5(10)9(4)14/h2*3H,14H2,1-2H3;3,14H,1-2H3;3*3H,14H2,1-2H3;2*3,14H,1-2H3;3H,14H2,1-2H3;3,14H,1-2H3. The fourth-order valence-electron chi connectivity index (χ4n) is 12.0. The zero-order valence-corrected chi connectivity index (χ0v) is 92.0. The van der Waals surface area contributed by atoms with Crippen molar-refractivity contribution in [3.63, 3.8) is 0 Å². The van der Waals surface area contributed by atoms with Gasteiger partial charge in [-0.2, -0.15) is 0 Å². The molecule has 0 aliphatic rings. The SMILES string of the molecule is CC(C)c1c(N)c(Cl)c(Cl)c(F)c1Cl.CC(C)c1c(N)c(Cl)c(Cl)c(F)c1F.CC(C)c1c(N)c(F)c(Cl)c(Cl)c1Cl.CC(C)c1c(N)c(F)c(Cl)c(Cl)c1F.CC(C)c1c(N)c(F)c(Cl)c(F)c1Cl.CC(C)c1c(N)c(F)c(Cl)c(F)c1F.CC(C)c1c(O)c(Cl)c(F)c(Cl)c1Cl.CC(C)c1c(O)c(Cl)c(F)c(Cl)c1F.CC(C)c1c(O)c(Cl)c(F)c(F)c1Cl.CC(C)c1c(O)c(Cl)c(F)c(F)c1F. The number of halogens is 40. The minimum Gasteiger partial charge on any atom is -0.506 e. The van der Waals surface area contributed by atoms with Crippen molar-refractivity contribution in [3.05, 3.63) is 272 Å². The first-order chi connectivity index (χ1) is 63.7. The molecule has 10 aromatic carbocycles. The van der Waals surface area contributed by atoms with Crippen molar-refractivity contribution in [2.24, 2.45) is 0 Å². The number of phenolic OH excluding ortho intramolecular Hbond substituents is 4. The summed E-state index contributed by atoms with van der Waals surface area (Å²) in [5.74, 6) is -25.3. The van der Waals surface area contributed by atoms with Crippen LogP contribution >= 0.6 is 244 Å². The Kier molecular flexibility index (Phi) is 53.5. The molecule has 780 valence electrons. The van der Waals surface area contributed by atoms with E-state index in [0.29, 0.717) is 16.7 Å². The molecule has 0 aliphatic carbocycles. The van der Waals surface area contributed by atoms with Crippen LogP contribution < -0.4 is 34.4 Å². The van der Waals surface area contributed by atoms with E-state index in [0.717, 1.165) is 0 Å². The van der Waals surface area contributed by atoms with Gasteiger partial charge >= 0.3 is 0 Å². The second-order valence-electron chi connectivity index (χ2n) is 32.1. The lowest BCUT2D eigenvalue weighted by Gasteiger charge is -2.15. The molecule has 10 rings (SSSR count). The minimum atomic E-state index is -1.66. The lowest BCUT2D eigenvalue weighted by atomic mass is 10.00. The molecule has 0 saturated carbocycles. The van der Waals surface area contributed by atoms with Crippen molar-refractivity contribution in [3.8, 4) is 23.0 Å². The summed E-state index contributed by atoms with van der Waals surface area (Å²) in [6, 6.07) is 0. The van der Waals surface area contributed by atoms with Crippen LogP contribution in [0.15, 0.2) is 0 Å². The molecule has 0 aliphatic heterocycles. The van der Waals surface area contributed by atoms with Gasteiger partial charge in [0.2, 0.25) is 0 Å². The maximum Gasteiger partial charge on any atom is 0.196 e. The van der Waals surface area contributed by atoms with Crippen LogP contribution in [-0.4, -0.2) is 20.4 Å². The highest BCUT2D eigenvalue weighted by Gasteiger charge is 2.33. The van der Waals surface area contributed by atoms with Crippen LogP contribution in [0, 0.1) is 111 Å². The van der Waals surface area contributed by atoms with Crippen molar-refractivity contribution >= 4 is 278 Å². The molecule has 16 N–H and O–H groups in total. The van der Waals surface area contributed by atoms with E-state index >= 15 is 0 Å². The van der Waals surface area contributed by atoms with Crippen molar-refractivity contribution in [2.75, 3.05) is 34.4 Å². The Morgan fingerprint density at radius 2 is 0.279 bits per heavy atom. The van der Waals surface area contributed by atoms with Gasteiger partial charge in [-0.05, 0) is 59.2 Å². The summed E-state index contributed by atoms with van der Waals surface area (Å²) >= 11 is 116. The summed E-state index contributed by atoms with van der Waals surface area (Å²) in [4.78, 5) is 0. The van der Waals surface area contributed by atoms with Gasteiger partial charge in [-0.1, -0.05) is 382 Å². The molecule has 0 bridgehead atoms. The number of rotatable bonds is 10. The lowest BCUT2D eigenvalue weighted by Crippen LogP contribution is -2.07. The van der Waals surface area contributed by atoms with E-state index in [1.165, 1.54) is 13.8 Å². The Morgan fingerprint density at radius 3 is 0.629 bits per heavy atom. The molecular weight excluding hydrogens is 2330 g/mol. The molecule has 50 heteroatoms. The fraction of sp³-hybridized carbons (Fsp3) is 0.333. The molecule has 0 radical (unpaired) electrons. The van der Waals surface area contributed by atoms with Gasteiger partial charge in [0.15, 0.2) is 105 Å². The molecule has 0 heterocycles. The number of phenols is 4. The Bertz CT molecular complexity index is 4720. The summed E-state index contributed by atoms with van der Waals surface area (Å²) in [6.45, 7) is 34.1. The smallest absolute Gasteiger partial charge is 0.196 e. The van der Waals surface area contributed by atoms with Crippen molar-refractivity contribution in [1.82, 2.24) is 0 Å². The van der Waals surface area contributed by atoms with Gasteiger partial charge in [-0.25, -0.2) is 83.4 Å². The molecule has 0 unspecified atom stereocenters. The first kappa shape index (κ1) is 133. The average Bonchev–Trinajstić information content (AvgIpc) is 0.856. The zero-order valence-electron chi connectivity index (χ0n) is 76.1. The van der Waals surface area contributed by atoms with Crippen molar-refractivity contribution < 1.29 is 104 Å². The highest BCUT2D eigenvalue weighted by Crippen LogP contribution is 2.51. The topological polar surface area (TPSA) is 237 Å². The molecule has 0 aromatic heterocycles. The zero-order chi connectivity index (χ0) is 110. The van der Waals surface area contributed by atoms with Gasteiger partial charge in [-0.3, -0.25) is 0 Å². The van der Waals surface area contributed by atoms with Crippen LogP contribution in [-0.2, 0) is 0 Å². The van der Waals surface area contributed by atoms with E-state index in [9.17, 15) is 104 Å². The summed E-state index contributed by atoms with van der Waals surface area (Å²) in [5.41, 5.74) is 33.6. The Morgan fingerprint density at radius 1 is 0.129 bits per heavy atom. The molecule has 10 aromatic rings. The predicted molar refractivity (Wildman–Crippen MR) is 543 cm³/mol. The monoisotopic (exact) mass is 2410 g/mol. The van der Waals surface area contributed by atoms with E-state index in [4.69, 9.17) is 278 Å². The summed E-state index contributed by atoms with van der Waals surface area (Å²) in [7, 11) is 0. The van der Waals surface area contributed by atoms with Crippen LogP contribution in [0.5, 0.6) is 23.0 Å². The van der Waals surface area contributed by atoms with Gasteiger partial charge in [-0.15, -0.1) is 0 Å². The van der Waals surface area contributed by atoms with Crippen LogP contribution in [0.1, 0.15) is 253 Å². The van der Waals surface area contributed by atoms with Crippen LogP contribution in [0.25, 0.3) is 0 Å². The molecular formula is C90H86Cl21F19N6O4. The number of nitrogens with two attached hydrogens (primary N) is 6. The second-order valence-corrected chi connectivity index (χ2v) is 40.1. The highest BCUT2D eigenvalue weighted by atomic mass is 35.5. The highest BCUT2D eigenvalue weighted by molar-refractivity contribution is 6.50. The third-order valence-corrected chi connectivity index (χ3v) is 27.1. The number of anilines is 6. The molecule has 0 fully saturated rings. The summed E-state index contributed by atoms with van der Waals surface area (Å²) in [5, 5.41) is 30.5. The Balaban J connectivity index is 0.000000778. The first-order valence-corrected chi connectivity index (χ1v) is 47.6. The van der Waals surface area contributed by atoms with E-state index in [1.54, 1.807) is 96.9 Å². The van der Waals surface area contributed by atoms with E-state index < -0.39 is 196 Å². The van der Waals surface area contributed by atoms with Crippen molar-refractivity contribution in [1.29, 1.82) is 0 Å². The van der Waals surface area contributed by atoms with Crippen LogP contribution in [0.2, 0.25) is 105 Å². The second kappa shape index (κ2) is 56.4. The van der Waals surface area contributed by atoms with E-state index in [1.807, 2.05) is 27.7 Å². The Labute approximate surface area is 900 Å². The summed E-state index contributed by atoms with van der Waals surface area (Å²) < 4.78 is 250. The number of hydrogen-bond acceptors (Lipinski definition) is 10. The maximum absolute atomic E-state index is 13.5. The average molecular weight is 2420 g/mol. The largest absolute Gasteiger partial charge is 0.506 e. The van der Waals surface area contributed by atoms with Crippen LogP contribution in [0.3, 0.4) is 0 Å². The number of nitrogen functional groups attached to an aromatic ring is 6. The molecule has 0 spiro atoms. The summed E-state index contributed by atoms with van der Waals surface area (Å²) in [6.07, 6.45) is 0. The minimum absolute atomic E-state index is 0.00515. The Hall–Kier alpha value is -5.04. The van der Waals surface area contributed by atoms with Gasteiger partial charge in [0.25, 0.3) is 0 Å². The quantitative estimate of drug-likeness (QED) is 0.0269. The predicted octanol–water partition coefficient (Wildman–Crippen LogP) is 40.8. The number of benzene rings is 10. The third-order valence-electron chi connectivity index (χ3n) is 18.9. The first-order valence-electron chi connectivity index (χ1n) is 39.6. The third kappa shape index (κ3) is 30.6. The molecule has 10 nitrogen and oxygen atoms in total. The fourth-order valence-corrected chi connectivity index (χ4v) is 17.3. The lowest BCUT2D eigenvalue weighted by molar-refractivity contribution is 0.405. The van der Waals surface area contributed by atoms with Gasteiger partial charge < -0.3 is 54.8 Å². The normalized spacial score (nSPS) is 11.1. The molecule has 0 atom stereocenters. The van der Waals surface area contributed by atoms with Gasteiger partial charge in [0.1, 0.15) is 74.0 Å². The molecule has 0 saturated heterocycles. The van der Waals surface area contributed by atoms with Crippen molar-refractivity contribution in [2.45, 2.75) is 198 Å². The number of aromatic hydroxyl groups is 4. The maximum atomic E-state index is 13.5. The van der Waals surface area contributed by atoms with Gasteiger partial charge in [0.05, 0.1) is 94.4 Å². The number of hydrogen-bond donors (Lipinski definition) is 10. The van der Waals surface area contributed by atoms with Crippen LogP contribution in [0.4, 0.5) is 118 Å². The molecule has 0 amide bonds. The van der Waals surface area contributed by atoms with Gasteiger partial charge in [0, 0.05) is 55.6 Å². The van der Waals surface area contributed by atoms with E-state index in [-0.39, 0.29) is 176 Å². The molecule has 140 heavy (non-hydrogen) atoms. The van der Waals surface area contributed by atoms with E-state index in [2.05, 4.69) is 0 Å².